The van der Waals surface area contributed by atoms with Gasteiger partial charge in [-0.3, -0.25) is 4.79 Å². The Bertz CT molecular complexity index is 1440. The maximum absolute atomic E-state index is 13.8. The van der Waals surface area contributed by atoms with Gasteiger partial charge in [0.2, 0.25) is 0 Å². The lowest BCUT2D eigenvalue weighted by molar-refractivity contribution is -0.198. The Morgan fingerprint density at radius 3 is 2.37 bits per heavy atom. The number of allylic oxidation sites excluding steroid dienone is 3. The van der Waals surface area contributed by atoms with Crippen molar-refractivity contribution in [2.24, 2.45) is 70.0 Å². The standard InChI is InChI=1S/C51H86O8/c1-9-11-12-13-22-51(8,57)45-19-18-40-39-30-43(42-28-36(53)20-23-49(42,6)41(39)21-24-50(40,45)7)58-46(55)29-37(54)27-35(52)16-17-38-33(5)14-15-34-25-31(3)26-44(47(34)38)59-48(56)32(4)10-2/h14-15,25,31-33,35-45,47-48,52-54,56-57H,9-13,16-24,26-30H2,1-8H3/t31-,32-,33-,35+,36-,37+,38-,39?,40?,41?,42+,43-,44-,45-,47-,48?,49+,50-,51-/m0/s1. The molecule has 8 nitrogen and oxygen atoms in total. The molecular weight excluding hydrogens is 741 g/mol. The highest BCUT2D eigenvalue weighted by Gasteiger charge is 2.64. The molecule has 4 unspecified atom stereocenters. The number of esters is 1. The summed E-state index contributed by atoms with van der Waals surface area (Å²) < 4.78 is 12.8. The summed E-state index contributed by atoms with van der Waals surface area (Å²) in [5, 5.41) is 56.3. The number of rotatable bonds is 18. The van der Waals surface area contributed by atoms with Crippen molar-refractivity contribution in [3.63, 3.8) is 0 Å². The van der Waals surface area contributed by atoms with Gasteiger partial charge in [-0.05, 0) is 155 Å². The zero-order chi connectivity index (χ0) is 42.9. The number of hydrogen-bond acceptors (Lipinski definition) is 8. The molecule has 6 aliphatic rings. The van der Waals surface area contributed by atoms with Crippen LogP contribution in [0, 0.1) is 70.0 Å². The molecule has 5 N–H and O–H groups in total. The zero-order valence-corrected chi connectivity index (χ0v) is 38.4. The number of ether oxygens (including phenoxy) is 2. The first-order valence-electron chi connectivity index (χ1n) is 24.6. The molecule has 0 aromatic rings. The predicted molar refractivity (Wildman–Crippen MR) is 234 cm³/mol. The fraction of sp³-hybridized carbons (Fsp3) is 0.902. The predicted octanol–water partition coefficient (Wildman–Crippen LogP) is 9.69. The monoisotopic (exact) mass is 827 g/mol. The van der Waals surface area contributed by atoms with Crippen LogP contribution in [0.3, 0.4) is 0 Å². The Morgan fingerprint density at radius 1 is 0.915 bits per heavy atom. The number of fused-ring (bicyclic) bond motifs is 6. The van der Waals surface area contributed by atoms with Crippen molar-refractivity contribution in [2.45, 2.75) is 220 Å². The van der Waals surface area contributed by atoms with Gasteiger partial charge in [-0.25, -0.2) is 0 Å². The summed E-state index contributed by atoms with van der Waals surface area (Å²) in [6, 6.07) is 0. The highest BCUT2D eigenvalue weighted by Crippen LogP contribution is 2.69. The van der Waals surface area contributed by atoms with Gasteiger partial charge < -0.3 is 35.0 Å². The number of aliphatic hydroxyl groups is 5. The molecule has 19 atom stereocenters. The average Bonchev–Trinajstić information content (AvgIpc) is 3.54. The van der Waals surface area contributed by atoms with Gasteiger partial charge in [0, 0.05) is 17.8 Å². The molecule has 0 aliphatic heterocycles. The minimum Gasteiger partial charge on any atom is -0.462 e. The summed E-state index contributed by atoms with van der Waals surface area (Å²) >= 11 is 0. The summed E-state index contributed by atoms with van der Waals surface area (Å²) in [6.07, 6.45) is 19.4. The fourth-order valence-electron chi connectivity index (χ4n) is 14.5. The fourth-order valence-corrected chi connectivity index (χ4v) is 14.5. The van der Waals surface area contributed by atoms with Crippen LogP contribution in [0.1, 0.15) is 177 Å². The first kappa shape index (κ1) is 47.2. The van der Waals surface area contributed by atoms with Crippen LogP contribution in [0.25, 0.3) is 0 Å². The average molecular weight is 827 g/mol. The first-order valence-corrected chi connectivity index (χ1v) is 24.6. The molecule has 6 rings (SSSR count). The molecule has 4 fully saturated rings. The first-order chi connectivity index (χ1) is 27.9. The van der Waals surface area contributed by atoms with E-state index < -0.39 is 36.2 Å². The van der Waals surface area contributed by atoms with Crippen LogP contribution in [0.5, 0.6) is 0 Å². The smallest absolute Gasteiger partial charge is 0.308 e. The van der Waals surface area contributed by atoms with E-state index in [1.807, 2.05) is 6.92 Å². The van der Waals surface area contributed by atoms with Gasteiger partial charge in [-0.15, -0.1) is 0 Å². The molecular formula is C51H86O8. The summed E-state index contributed by atoms with van der Waals surface area (Å²) in [4.78, 5) is 13.8. The Morgan fingerprint density at radius 2 is 1.64 bits per heavy atom. The van der Waals surface area contributed by atoms with Crippen LogP contribution in [-0.2, 0) is 14.3 Å². The summed E-state index contributed by atoms with van der Waals surface area (Å²) in [7, 11) is 0. The highest BCUT2D eigenvalue weighted by atomic mass is 16.6. The van der Waals surface area contributed by atoms with Gasteiger partial charge >= 0.3 is 5.97 Å². The molecule has 0 aromatic carbocycles. The second-order valence-electron chi connectivity index (χ2n) is 22.1. The van der Waals surface area contributed by atoms with Crippen LogP contribution in [0.4, 0.5) is 0 Å². The molecule has 0 radical (unpaired) electrons. The Balaban J connectivity index is 1.07. The molecule has 59 heavy (non-hydrogen) atoms. The van der Waals surface area contributed by atoms with E-state index in [4.69, 9.17) is 9.47 Å². The molecule has 6 aliphatic carbocycles. The third kappa shape index (κ3) is 10.2. The molecule has 0 heterocycles. The van der Waals surface area contributed by atoms with Gasteiger partial charge in [0.05, 0.1) is 36.4 Å². The van der Waals surface area contributed by atoms with E-state index in [1.54, 1.807) is 0 Å². The second-order valence-corrected chi connectivity index (χ2v) is 22.1. The van der Waals surface area contributed by atoms with E-state index in [1.165, 1.54) is 24.8 Å². The minimum absolute atomic E-state index is 0.0305. The third-order valence-corrected chi connectivity index (χ3v) is 18.0. The molecule has 8 heteroatoms. The number of carbonyl (C=O) groups is 1. The van der Waals surface area contributed by atoms with Crippen molar-refractivity contribution in [1.29, 1.82) is 0 Å². The van der Waals surface area contributed by atoms with Crippen molar-refractivity contribution in [3.05, 3.63) is 23.8 Å². The Labute approximate surface area is 358 Å². The van der Waals surface area contributed by atoms with E-state index in [0.717, 1.165) is 77.0 Å². The van der Waals surface area contributed by atoms with Gasteiger partial charge in [0.15, 0.2) is 6.29 Å². The van der Waals surface area contributed by atoms with Crippen LogP contribution in [0.2, 0.25) is 0 Å². The number of aliphatic hydroxyl groups excluding tert-OH is 4. The molecule has 0 amide bonds. The van der Waals surface area contributed by atoms with E-state index in [0.29, 0.717) is 36.5 Å². The maximum atomic E-state index is 13.8. The van der Waals surface area contributed by atoms with Crippen LogP contribution in [0.15, 0.2) is 23.8 Å². The highest BCUT2D eigenvalue weighted by molar-refractivity contribution is 5.70. The van der Waals surface area contributed by atoms with Crippen molar-refractivity contribution >= 4 is 5.97 Å². The zero-order valence-electron chi connectivity index (χ0n) is 38.4. The van der Waals surface area contributed by atoms with E-state index >= 15 is 0 Å². The third-order valence-electron chi connectivity index (χ3n) is 18.0. The van der Waals surface area contributed by atoms with E-state index in [2.05, 4.69) is 66.7 Å². The summed E-state index contributed by atoms with van der Waals surface area (Å²) in [5.41, 5.74) is 0.601. The molecule has 338 valence electrons. The van der Waals surface area contributed by atoms with Gasteiger partial charge in [-0.2, -0.15) is 0 Å². The van der Waals surface area contributed by atoms with Crippen LogP contribution < -0.4 is 0 Å². The Kier molecular flexibility index (Phi) is 15.7. The SMILES string of the molecule is CCCCCC[C@](C)(O)[C@H]1CCC2C3C[C@H](OC(=O)C[C@H](O)C[C@H](O)CC[C@@H]4[C@@H]5C(=C[C@H](C)C[C@@H]5OC(O)[C@@H](C)CC)C=C[C@@H]4C)[C@H]4C[C@@H](O)CC[C@]4(C)C3CC[C@@]21C. The quantitative estimate of drug-likeness (QED) is 0.0524. The van der Waals surface area contributed by atoms with Crippen LogP contribution in [-0.4, -0.2) is 73.9 Å². The second kappa shape index (κ2) is 19.6. The van der Waals surface area contributed by atoms with Gasteiger partial charge in [-0.1, -0.05) is 92.4 Å². The van der Waals surface area contributed by atoms with Gasteiger partial charge in [0.1, 0.15) is 6.10 Å². The minimum atomic E-state index is -1.01. The maximum Gasteiger partial charge on any atom is 0.308 e. The van der Waals surface area contributed by atoms with Crippen LogP contribution >= 0.6 is 0 Å². The normalized spacial score (nSPS) is 42.2. The summed E-state index contributed by atoms with van der Waals surface area (Å²) in [6.45, 7) is 17.7. The molecule has 0 aromatic heterocycles. The number of hydrogen-bond donors (Lipinski definition) is 5. The van der Waals surface area contributed by atoms with E-state index in [-0.39, 0.29) is 71.4 Å². The topological polar surface area (TPSA) is 137 Å². The largest absolute Gasteiger partial charge is 0.462 e. The summed E-state index contributed by atoms with van der Waals surface area (Å²) in [5.74, 6) is 2.37. The van der Waals surface area contributed by atoms with Crippen molar-refractivity contribution in [2.75, 3.05) is 0 Å². The molecule has 0 saturated heterocycles. The van der Waals surface area contributed by atoms with Crippen molar-refractivity contribution in [3.8, 4) is 0 Å². The number of carbonyl (C=O) groups excluding carboxylic acids is 1. The molecule has 0 bridgehead atoms. The Hall–Kier alpha value is -1.29. The van der Waals surface area contributed by atoms with Crippen molar-refractivity contribution in [1.82, 2.24) is 0 Å². The van der Waals surface area contributed by atoms with E-state index in [9.17, 15) is 30.3 Å². The molecule has 4 saturated carbocycles. The molecule has 0 spiro atoms. The lowest BCUT2D eigenvalue weighted by Crippen LogP contribution is -2.59. The number of unbranched alkanes of at least 4 members (excludes halogenated alkanes) is 3. The van der Waals surface area contributed by atoms with Gasteiger partial charge in [0.25, 0.3) is 0 Å². The van der Waals surface area contributed by atoms with Crippen molar-refractivity contribution < 1.29 is 39.8 Å². The lowest BCUT2D eigenvalue weighted by atomic mass is 9.43. The lowest BCUT2D eigenvalue weighted by Gasteiger charge is -2.63.